The lowest BCUT2D eigenvalue weighted by Crippen LogP contribution is -2.34. The molecular formula is C18H16N4O4. The predicted molar refractivity (Wildman–Crippen MR) is 95.7 cm³/mol. The average Bonchev–Trinajstić information content (AvgIpc) is 2.66. The molecule has 0 aliphatic carbocycles. The molecule has 0 unspecified atom stereocenters. The van der Waals surface area contributed by atoms with E-state index in [2.05, 4.69) is 5.16 Å². The lowest BCUT2D eigenvalue weighted by atomic mass is 10.2. The third kappa shape index (κ3) is 5.42. The highest BCUT2D eigenvalue weighted by Crippen LogP contribution is 2.14. The molecule has 0 N–H and O–H groups in total. The van der Waals surface area contributed by atoms with Gasteiger partial charge in [0.1, 0.15) is 0 Å². The van der Waals surface area contributed by atoms with E-state index in [9.17, 15) is 14.9 Å². The third-order valence-electron chi connectivity index (χ3n) is 3.36. The van der Waals surface area contributed by atoms with Gasteiger partial charge in [0, 0.05) is 29.9 Å². The van der Waals surface area contributed by atoms with E-state index in [0.29, 0.717) is 11.3 Å². The molecule has 8 nitrogen and oxygen atoms in total. The summed E-state index contributed by atoms with van der Waals surface area (Å²) < 4.78 is 0. The number of carbonyl (C=O) groups is 1. The molecule has 0 fully saturated rings. The van der Waals surface area contributed by atoms with Crippen molar-refractivity contribution in [2.24, 2.45) is 5.16 Å². The second-order valence-corrected chi connectivity index (χ2v) is 5.15. The van der Waals surface area contributed by atoms with Crippen LogP contribution in [0.1, 0.15) is 12.0 Å². The van der Waals surface area contributed by atoms with Crippen molar-refractivity contribution in [1.82, 2.24) is 0 Å². The molecule has 2 aromatic carbocycles. The van der Waals surface area contributed by atoms with Crippen LogP contribution >= 0.6 is 0 Å². The maximum absolute atomic E-state index is 12.3. The fourth-order valence-corrected chi connectivity index (χ4v) is 2.15. The Balaban J connectivity index is 1.96. The van der Waals surface area contributed by atoms with Gasteiger partial charge in [0.05, 0.1) is 23.6 Å². The molecule has 132 valence electrons. The van der Waals surface area contributed by atoms with Crippen molar-refractivity contribution in [1.29, 1.82) is 5.26 Å². The van der Waals surface area contributed by atoms with Gasteiger partial charge in [-0.2, -0.15) is 5.26 Å². The van der Waals surface area contributed by atoms with Crippen LogP contribution in [0.2, 0.25) is 0 Å². The molecule has 1 amide bonds. The summed E-state index contributed by atoms with van der Waals surface area (Å²) in [5.74, 6) is -0.345. The molecule has 0 aromatic heterocycles. The van der Waals surface area contributed by atoms with Gasteiger partial charge >= 0.3 is 0 Å². The van der Waals surface area contributed by atoms with Crippen LogP contribution in [0.15, 0.2) is 59.8 Å². The fourth-order valence-electron chi connectivity index (χ4n) is 2.15. The molecule has 0 saturated heterocycles. The second-order valence-electron chi connectivity index (χ2n) is 5.15. The Hall–Kier alpha value is -3.73. The van der Waals surface area contributed by atoms with E-state index < -0.39 is 4.92 Å². The monoisotopic (exact) mass is 352 g/mol. The van der Waals surface area contributed by atoms with Crippen LogP contribution in [0.25, 0.3) is 0 Å². The van der Waals surface area contributed by atoms with Crippen molar-refractivity contribution in [2.45, 2.75) is 6.42 Å². The number of hydrogen-bond acceptors (Lipinski definition) is 6. The number of oxime groups is 1. The number of para-hydroxylation sites is 1. The minimum Gasteiger partial charge on any atom is -0.386 e. The molecule has 0 saturated carbocycles. The van der Waals surface area contributed by atoms with Gasteiger partial charge in [-0.3, -0.25) is 14.9 Å². The van der Waals surface area contributed by atoms with Crippen LogP contribution in [0.5, 0.6) is 0 Å². The molecule has 2 aromatic rings. The van der Waals surface area contributed by atoms with Crippen molar-refractivity contribution in [2.75, 3.05) is 18.1 Å². The summed E-state index contributed by atoms with van der Waals surface area (Å²) in [6, 6.07) is 16.8. The maximum atomic E-state index is 12.3. The van der Waals surface area contributed by atoms with Gasteiger partial charge in [-0.25, -0.2) is 0 Å². The molecule has 0 radical (unpaired) electrons. The van der Waals surface area contributed by atoms with Gasteiger partial charge in [0.15, 0.2) is 6.61 Å². The molecule has 0 spiro atoms. The number of hydrogen-bond donors (Lipinski definition) is 0. The summed E-state index contributed by atoms with van der Waals surface area (Å²) >= 11 is 0. The Bertz CT molecular complexity index is 831. The number of rotatable bonds is 8. The Morgan fingerprint density at radius 3 is 2.73 bits per heavy atom. The smallest absolute Gasteiger partial charge is 0.270 e. The summed E-state index contributed by atoms with van der Waals surface area (Å²) in [6.45, 7) is -0.0664. The lowest BCUT2D eigenvalue weighted by Gasteiger charge is -2.20. The molecule has 0 atom stereocenters. The topological polar surface area (TPSA) is 109 Å². The number of amides is 1. The first-order chi connectivity index (χ1) is 12.6. The third-order valence-corrected chi connectivity index (χ3v) is 3.36. The highest BCUT2D eigenvalue weighted by atomic mass is 16.6. The Labute approximate surface area is 150 Å². The summed E-state index contributed by atoms with van der Waals surface area (Å²) in [5.41, 5.74) is 1.09. The number of non-ortho nitro benzene ring substituents is 1. The quantitative estimate of drug-likeness (QED) is 0.412. The first-order valence-electron chi connectivity index (χ1n) is 7.74. The van der Waals surface area contributed by atoms with Crippen molar-refractivity contribution < 1.29 is 14.6 Å². The Kier molecular flexibility index (Phi) is 6.83. The number of nitrogens with zero attached hydrogens (tertiary/aromatic N) is 4. The summed E-state index contributed by atoms with van der Waals surface area (Å²) in [5, 5.41) is 23.2. The van der Waals surface area contributed by atoms with Crippen molar-refractivity contribution >= 4 is 23.5 Å². The Morgan fingerprint density at radius 2 is 2.04 bits per heavy atom. The van der Waals surface area contributed by atoms with Crippen molar-refractivity contribution in [3.8, 4) is 6.07 Å². The molecule has 0 aliphatic rings. The fraction of sp³-hybridized carbons (Fsp3) is 0.167. The molecular weight excluding hydrogens is 336 g/mol. The van der Waals surface area contributed by atoms with E-state index in [1.165, 1.54) is 29.3 Å². The van der Waals surface area contributed by atoms with E-state index in [-0.39, 0.29) is 31.2 Å². The largest absolute Gasteiger partial charge is 0.386 e. The zero-order valence-electron chi connectivity index (χ0n) is 13.8. The van der Waals surface area contributed by atoms with Crippen LogP contribution in [-0.2, 0) is 9.63 Å². The molecule has 0 aliphatic heterocycles. The molecule has 0 heterocycles. The number of nitro groups is 1. The highest BCUT2D eigenvalue weighted by Gasteiger charge is 2.15. The van der Waals surface area contributed by atoms with E-state index in [4.69, 9.17) is 10.1 Å². The number of carbonyl (C=O) groups excluding carboxylic acids is 1. The van der Waals surface area contributed by atoms with Crippen LogP contribution in [0, 0.1) is 21.4 Å². The van der Waals surface area contributed by atoms with Gasteiger partial charge in [-0.15, -0.1) is 0 Å². The van der Waals surface area contributed by atoms with Crippen LogP contribution in [-0.4, -0.2) is 30.2 Å². The van der Waals surface area contributed by atoms with Gasteiger partial charge in [-0.05, 0) is 12.1 Å². The van der Waals surface area contributed by atoms with Crippen LogP contribution in [0.4, 0.5) is 11.4 Å². The standard InChI is InChI=1S/C18H16N4O4/c19-10-5-11-21(16-7-2-1-3-8-16)18(23)14-26-20-13-15-6-4-9-17(12-15)22(24)25/h1-4,6-9,12-13H,5,11,14H2/b20-13-. The SMILES string of the molecule is N#CCCN(C(=O)CO/N=C\c1cccc([N+](=O)[O-])c1)c1ccccc1. The van der Waals surface area contributed by atoms with Crippen molar-refractivity contribution in [3.63, 3.8) is 0 Å². The zero-order valence-corrected chi connectivity index (χ0v) is 13.8. The predicted octanol–water partition coefficient (Wildman–Crippen LogP) is 2.89. The van der Waals surface area contributed by atoms with E-state index in [1.807, 2.05) is 12.1 Å². The molecule has 26 heavy (non-hydrogen) atoms. The first-order valence-corrected chi connectivity index (χ1v) is 7.74. The van der Waals surface area contributed by atoms with Gasteiger partial charge in [0.25, 0.3) is 11.6 Å². The first kappa shape index (κ1) is 18.6. The Morgan fingerprint density at radius 1 is 1.27 bits per heavy atom. The molecule has 2 rings (SSSR count). The summed E-state index contributed by atoms with van der Waals surface area (Å²) in [7, 11) is 0. The van der Waals surface area contributed by atoms with E-state index in [0.717, 1.165) is 0 Å². The minimum absolute atomic E-state index is 0.0585. The van der Waals surface area contributed by atoms with Gasteiger partial charge < -0.3 is 9.74 Å². The van der Waals surface area contributed by atoms with Crippen LogP contribution < -0.4 is 4.90 Å². The lowest BCUT2D eigenvalue weighted by molar-refractivity contribution is -0.384. The summed E-state index contributed by atoms with van der Waals surface area (Å²) in [6.07, 6.45) is 1.49. The second kappa shape index (κ2) is 9.54. The molecule has 0 bridgehead atoms. The van der Waals surface area contributed by atoms with E-state index >= 15 is 0 Å². The van der Waals surface area contributed by atoms with Gasteiger partial charge in [-0.1, -0.05) is 35.5 Å². The summed E-state index contributed by atoms with van der Waals surface area (Å²) in [4.78, 5) is 29.0. The maximum Gasteiger partial charge on any atom is 0.270 e. The highest BCUT2D eigenvalue weighted by molar-refractivity contribution is 5.94. The van der Waals surface area contributed by atoms with Crippen LogP contribution in [0.3, 0.4) is 0 Å². The zero-order chi connectivity index (χ0) is 18.8. The van der Waals surface area contributed by atoms with E-state index in [1.54, 1.807) is 30.3 Å². The number of benzene rings is 2. The number of nitro benzene ring substituents is 1. The number of nitriles is 1. The average molecular weight is 352 g/mol. The minimum atomic E-state index is -0.505. The van der Waals surface area contributed by atoms with Crippen molar-refractivity contribution in [3.05, 3.63) is 70.3 Å². The molecule has 8 heteroatoms. The normalized spacial score (nSPS) is 10.3. The number of anilines is 1. The van der Waals surface area contributed by atoms with Gasteiger partial charge in [0.2, 0.25) is 0 Å².